The summed E-state index contributed by atoms with van der Waals surface area (Å²) in [5.41, 5.74) is 5.83. The third-order valence-electron chi connectivity index (χ3n) is 5.05. The molecule has 3 atom stereocenters. The van der Waals surface area contributed by atoms with Crippen LogP contribution in [0.3, 0.4) is 0 Å². The third-order valence-corrected chi connectivity index (χ3v) is 5.05. The summed E-state index contributed by atoms with van der Waals surface area (Å²) in [6.45, 7) is 2.15. The zero-order valence-electron chi connectivity index (χ0n) is 13.6. The van der Waals surface area contributed by atoms with Crippen LogP contribution >= 0.6 is 0 Å². The molecule has 1 aromatic rings. The molecule has 3 rings (SSSR count). The van der Waals surface area contributed by atoms with Gasteiger partial charge < -0.3 is 16.4 Å². The minimum absolute atomic E-state index is 0.0369. The Hall–Kier alpha value is -2.41. The average molecular weight is 330 g/mol. The van der Waals surface area contributed by atoms with Crippen molar-refractivity contribution in [2.24, 2.45) is 17.6 Å². The number of nitrogens with two attached hydrogens (primary N) is 1. The fraction of sp³-hybridized carbons (Fsp3) is 0.471. The topological polar surface area (TPSA) is 113 Å². The largest absolute Gasteiger partial charge is 0.330 e. The molecular weight excluding hydrogens is 308 g/mol. The molecule has 2 aliphatic rings. The standard InChI is InChI=1S/C17H22N4O3/c1-17(15(23)20-16(24)21-17)11-5-3-6-12(8-11)19-14(22)13-7-2-4-10(13)9-18/h3,5-6,8,10,13H,2,4,7,9,18H2,1H3,(H,19,22)(H2,20,21,23,24)/t10-,13-,17?/m1/s1. The lowest BCUT2D eigenvalue weighted by Crippen LogP contribution is -2.40. The van der Waals surface area contributed by atoms with Crippen molar-refractivity contribution in [3.05, 3.63) is 29.8 Å². The SMILES string of the molecule is CC1(c2cccc(NC(=O)[C@@H]3CCC[C@@H]3CN)c2)NC(=O)NC1=O. The number of carbonyl (C=O) groups is 3. The van der Waals surface area contributed by atoms with Crippen LogP contribution in [0.1, 0.15) is 31.7 Å². The lowest BCUT2D eigenvalue weighted by molar-refractivity contribution is -0.123. The van der Waals surface area contributed by atoms with Crippen molar-refractivity contribution in [1.82, 2.24) is 10.6 Å². The monoisotopic (exact) mass is 330 g/mol. The van der Waals surface area contributed by atoms with Crippen molar-refractivity contribution in [2.45, 2.75) is 31.7 Å². The summed E-state index contributed by atoms with van der Waals surface area (Å²) in [7, 11) is 0. The molecule has 0 aromatic heterocycles. The first-order valence-electron chi connectivity index (χ1n) is 8.19. The normalized spacial score (nSPS) is 29.2. The first-order chi connectivity index (χ1) is 11.4. The van der Waals surface area contributed by atoms with Crippen LogP contribution in [0, 0.1) is 11.8 Å². The van der Waals surface area contributed by atoms with Crippen molar-refractivity contribution >= 4 is 23.5 Å². The predicted octanol–water partition coefficient (Wildman–Crippen LogP) is 1.05. The van der Waals surface area contributed by atoms with Gasteiger partial charge in [-0.05, 0) is 49.9 Å². The Morgan fingerprint density at radius 3 is 2.83 bits per heavy atom. The van der Waals surface area contributed by atoms with Gasteiger partial charge in [-0.1, -0.05) is 18.6 Å². The summed E-state index contributed by atoms with van der Waals surface area (Å²) in [6.07, 6.45) is 2.85. The molecule has 1 aliphatic heterocycles. The van der Waals surface area contributed by atoms with Gasteiger partial charge in [0.05, 0.1) is 0 Å². The van der Waals surface area contributed by atoms with E-state index in [1.54, 1.807) is 31.2 Å². The smallest absolute Gasteiger partial charge is 0.322 e. The molecular formula is C17H22N4O3. The van der Waals surface area contributed by atoms with Crippen LogP contribution in [0.4, 0.5) is 10.5 Å². The number of carbonyl (C=O) groups excluding carboxylic acids is 3. The molecule has 1 heterocycles. The Balaban J connectivity index is 1.78. The summed E-state index contributed by atoms with van der Waals surface area (Å²) in [5.74, 6) is -0.283. The van der Waals surface area contributed by atoms with Crippen molar-refractivity contribution < 1.29 is 14.4 Å². The first kappa shape index (κ1) is 16.4. The highest BCUT2D eigenvalue weighted by Gasteiger charge is 2.43. The Morgan fingerprint density at radius 1 is 1.38 bits per heavy atom. The van der Waals surface area contributed by atoms with Gasteiger partial charge in [0.1, 0.15) is 5.54 Å². The highest BCUT2D eigenvalue weighted by atomic mass is 16.2. The van der Waals surface area contributed by atoms with Crippen molar-refractivity contribution in [3.8, 4) is 0 Å². The van der Waals surface area contributed by atoms with Gasteiger partial charge in [-0.2, -0.15) is 0 Å². The van der Waals surface area contributed by atoms with Gasteiger partial charge in [0.25, 0.3) is 5.91 Å². The molecule has 2 fully saturated rings. The fourth-order valence-electron chi connectivity index (χ4n) is 3.55. The molecule has 1 aliphatic carbocycles. The first-order valence-corrected chi connectivity index (χ1v) is 8.19. The van der Waals surface area contributed by atoms with Gasteiger partial charge >= 0.3 is 6.03 Å². The number of rotatable bonds is 4. The van der Waals surface area contributed by atoms with Crippen molar-refractivity contribution in [3.63, 3.8) is 0 Å². The number of urea groups is 1. The number of nitrogens with one attached hydrogen (secondary N) is 3. The molecule has 24 heavy (non-hydrogen) atoms. The lowest BCUT2D eigenvalue weighted by atomic mass is 9.91. The number of imide groups is 1. The Kier molecular flexibility index (Phi) is 4.28. The van der Waals surface area contributed by atoms with Gasteiger partial charge in [0.2, 0.25) is 5.91 Å². The van der Waals surface area contributed by atoms with E-state index in [1.165, 1.54) is 0 Å². The minimum atomic E-state index is -1.13. The molecule has 0 radical (unpaired) electrons. The van der Waals surface area contributed by atoms with Crippen LogP contribution in [0.15, 0.2) is 24.3 Å². The van der Waals surface area contributed by atoms with E-state index in [0.717, 1.165) is 19.3 Å². The van der Waals surface area contributed by atoms with Crippen LogP contribution in [0.2, 0.25) is 0 Å². The van der Waals surface area contributed by atoms with Gasteiger partial charge in [0, 0.05) is 11.6 Å². The summed E-state index contributed by atoms with van der Waals surface area (Å²) >= 11 is 0. The minimum Gasteiger partial charge on any atom is -0.330 e. The summed E-state index contributed by atoms with van der Waals surface area (Å²) in [6, 6.07) is 6.47. The second-order valence-electron chi connectivity index (χ2n) is 6.64. The molecule has 1 saturated heterocycles. The second-order valence-corrected chi connectivity index (χ2v) is 6.64. The molecule has 0 bridgehead atoms. The maximum absolute atomic E-state index is 12.5. The number of benzene rings is 1. The predicted molar refractivity (Wildman–Crippen MR) is 89.0 cm³/mol. The van der Waals surface area contributed by atoms with Gasteiger partial charge in [-0.3, -0.25) is 14.9 Å². The third kappa shape index (κ3) is 2.87. The zero-order valence-corrected chi connectivity index (χ0v) is 13.6. The molecule has 5 N–H and O–H groups in total. The number of hydrogen-bond donors (Lipinski definition) is 4. The molecule has 1 unspecified atom stereocenters. The van der Waals surface area contributed by atoms with Gasteiger partial charge in [-0.25, -0.2) is 4.79 Å². The van der Waals surface area contributed by atoms with E-state index in [2.05, 4.69) is 16.0 Å². The van der Waals surface area contributed by atoms with E-state index in [0.29, 0.717) is 17.8 Å². The molecule has 128 valence electrons. The summed E-state index contributed by atoms with van der Waals surface area (Å²) < 4.78 is 0. The molecule has 7 nitrogen and oxygen atoms in total. The van der Waals surface area contributed by atoms with Crippen LogP contribution in [0.25, 0.3) is 0 Å². The van der Waals surface area contributed by atoms with Crippen LogP contribution < -0.4 is 21.7 Å². The highest BCUT2D eigenvalue weighted by molar-refractivity contribution is 6.07. The van der Waals surface area contributed by atoms with Crippen molar-refractivity contribution in [1.29, 1.82) is 0 Å². The maximum atomic E-state index is 12.5. The van der Waals surface area contributed by atoms with Crippen LogP contribution in [-0.4, -0.2) is 24.4 Å². The van der Waals surface area contributed by atoms with E-state index in [1.807, 2.05) is 0 Å². The van der Waals surface area contributed by atoms with Gasteiger partial charge in [-0.15, -0.1) is 0 Å². The van der Waals surface area contributed by atoms with E-state index in [4.69, 9.17) is 5.73 Å². The maximum Gasteiger partial charge on any atom is 0.322 e. The molecule has 1 aromatic carbocycles. The molecule has 0 spiro atoms. The average Bonchev–Trinajstić information content (AvgIpc) is 3.12. The molecule has 1 saturated carbocycles. The van der Waals surface area contributed by atoms with Gasteiger partial charge in [0.15, 0.2) is 0 Å². The summed E-state index contributed by atoms with van der Waals surface area (Å²) in [5, 5.41) is 7.77. The number of amides is 4. The quantitative estimate of drug-likeness (QED) is 0.618. The number of hydrogen-bond acceptors (Lipinski definition) is 4. The summed E-state index contributed by atoms with van der Waals surface area (Å²) in [4.78, 5) is 36.0. The molecule has 4 amide bonds. The Morgan fingerprint density at radius 2 is 2.17 bits per heavy atom. The van der Waals surface area contributed by atoms with E-state index in [9.17, 15) is 14.4 Å². The van der Waals surface area contributed by atoms with E-state index in [-0.39, 0.29) is 17.7 Å². The van der Waals surface area contributed by atoms with E-state index < -0.39 is 17.5 Å². The number of anilines is 1. The van der Waals surface area contributed by atoms with Crippen LogP contribution in [-0.2, 0) is 15.1 Å². The second kappa shape index (κ2) is 6.24. The lowest BCUT2D eigenvalue weighted by Gasteiger charge is -2.22. The fourth-order valence-corrected chi connectivity index (χ4v) is 3.55. The Labute approximate surface area is 140 Å². The van der Waals surface area contributed by atoms with E-state index >= 15 is 0 Å². The zero-order chi connectivity index (χ0) is 17.3. The highest BCUT2D eigenvalue weighted by Crippen LogP contribution is 2.32. The Bertz CT molecular complexity index is 690. The molecule has 7 heteroatoms. The van der Waals surface area contributed by atoms with Crippen molar-refractivity contribution in [2.75, 3.05) is 11.9 Å². The van der Waals surface area contributed by atoms with Crippen LogP contribution in [0.5, 0.6) is 0 Å².